The van der Waals surface area contributed by atoms with E-state index >= 15 is 0 Å². The quantitative estimate of drug-likeness (QED) is 0.397. The van der Waals surface area contributed by atoms with Crippen LogP contribution in [-0.4, -0.2) is 20.8 Å². The number of benzene rings is 1. The molecule has 0 atom stereocenters. The average Bonchev–Trinajstić information content (AvgIpc) is 2.28. The molecule has 0 aromatic heterocycles. The minimum Gasteiger partial charge on any atom is -0.492 e. The zero-order chi connectivity index (χ0) is 14.5. The molecule has 1 aromatic carbocycles. The van der Waals surface area contributed by atoms with E-state index in [-0.39, 0.29) is 5.75 Å². The first-order chi connectivity index (χ1) is 8.79. The Hall–Kier alpha value is 0.130. The molecule has 8 heteroatoms. The maximum absolute atomic E-state index is 10.7. The highest BCUT2D eigenvalue weighted by Crippen LogP contribution is 2.33. The van der Waals surface area contributed by atoms with E-state index in [1.807, 2.05) is 0 Å². The lowest BCUT2D eigenvalue weighted by Gasteiger charge is -2.09. The smallest absolute Gasteiger partial charge is 0.232 e. The fourth-order valence-electron chi connectivity index (χ4n) is 1.35. The molecule has 0 N–H and O–H groups in total. The van der Waals surface area contributed by atoms with Crippen molar-refractivity contribution < 1.29 is 13.2 Å². The van der Waals surface area contributed by atoms with Gasteiger partial charge < -0.3 is 4.74 Å². The molecule has 0 saturated carbocycles. The van der Waals surface area contributed by atoms with Gasteiger partial charge in [0.25, 0.3) is 0 Å². The normalized spacial score (nSPS) is 11.6. The van der Waals surface area contributed by atoms with E-state index in [1.54, 1.807) is 6.07 Å². The summed E-state index contributed by atoms with van der Waals surface area (Å²) in [4.78, 5) is 0. The molecule has 0 radical (unpaired) electrons. The SMILES string of the molecule is O=S(=O)(Cl)CCCCCOc1cc(Cl)c(Cl)cc1Cl. The molecule has 0 heterocycles. The van der Waals surface area contributed by atoms with E-state index in [9.17, 15) is 8.42 Å². The lowest BCUT2D eigenvalue weighted by Crippen LogP contribution is -2.01. The monoisotopic (exact) mass is 364 g/mol. The van der Waals surface area contributed by atoms with Gasteiger partial charge >= 0.3 is 0 Å². The Morgan fingerprint density at radius 2 is 1.58 bits per heavy atom. The van der Waals surface area contributed by atoms with Crippen LogP contribution in [0, 0.1) is 0 Å². The third kappa shape index (κ3) is 6.91. The summed E-state index contributed by atoms with van der Waals surface area (Å²) in [6.07, 6.45) is 1.90. The second-order valence-electron chi connectivity index (χ2n) is 3.85. The Labute approximate surface area is 132 Å². The maximum atomic E-state index is 10.7. The van der Waals surface area contributed by atoms with Crippen LogP contribution >= 0.6 is 45.5 Å². The Kier molecular flexibility index (Phi) is 7.05. The highest BCUT2D eigenvalue weighted by Gasteiger charge is 2.07. The predicted molar refractivity (Wildman–Crippen MR) is 80.5 cm³/mol. The maximum Gasteiger partial charge on any atom is 0.232 e. The zero-order valence-corrected chi connectivity index (χ0v) is 13.7. The van der Waals surface area contributed by atoms with E-state index in [1.165, 1.54) is 6.07 Å². The number of ether oxygens (including phenoxy) is 1. The lowest BCUT2D eigenvalue weighted by atomic mass is 10.2. The van der Waals surface area contributed by atoms with Crippen molar-refractivity contribution in [1.29, 1.82) is 0 Å². The summed E-state index contributed by atoms with van der Waals surface area (Å²) >= 11 is 17.6. The highest BCUT2D eigenvalue weighted by atomic mass is 35.7. The molecule has 0 saturated heterocycles. The first kappa shape index (κ1) is 17.2. The average molecular weight is 366 g/mol. The largest absolute Gasteiger partial charge is 0.492 e. The van der Waals surface area contributed by atoms with Gasteiger partial charge in [0.05, 0.1) is 27.4 Å². The summed E-state index contributed by atoms with van der Waals surface area (Å²) in [6.45, 7) is 0.417. The molecule has 0 unspecified atom stereocenters. The Morgan fingerprint density at radius 1 is 0.947 bits per heavy atom. The van der Waals surface area contributed by atoms with Crippen molar-refractivity contribution in [2.75, 3.05) is 12.4 Å². The van der Waals surface area contributed by atoms with Gasteiger partial charge in [-0.05, 0) is 25.3 Å². The first-order valence-corrected chi connectivity index (χ1v) is 9.10. The Morgan fingerprint density at radius 3 is 2.21 bits per heavy atom. The molecule has 19 heavy (non-hydrogen) atoms. The molecule has 0 spiro atoms. The van der Waals surface area contributed by atoms with Gasteiger partial charge in [-0.25, -0.2) is 8.42 Å². The second kappa shape index (κ2) is 7.79. The van der Waals surface area contributed by atoms with Crippen LogP contribution < -0.4 is 4.74 Å². The minimum absolute atomic E-state index is 0.0257. The lowest BCUT2D eigenvalue weighted by molar-refractivity contribution is 0.306. The number of halogens is 4. The van der Waals surface area contributed by atoms with Gasteiger partial charge in [-0.2, -0.15) is 0 Å². The molecule has 3 nitrogen and oxygen atoms in total. The Balaban J connectivity index is 2.32. The summed E-state index contributed by atoms with van der Waals surface area (Å²) in [7, 11) is 1.69. The number of rotatable bonds is 7. The standard InChI is InChI=1S/C11H12Cl4O3S/c12-8-6-10(14)11(7-9(8)13)18-4-2-1-3-5-19(15,16)17/h6-7H,1-5H2. The Bertz CT molecular complexity index is 531. The van der Waals surface area contributed by atoms with E-state index in [4.69, 9.17) is 50.2 Å². The number of unbranched alkanes of at least 4 members (excludes halogenated alkanes) is 2. The van der Waals surface area contributed by atoms with Crippen LogP contribution in [0.25, 0.3) is 0 Å². The van der Waals surface area contributed by atoms with E-state index < -0.39 is 9.05 Å². The van der Waals surface area contributed by atoms with Gasteiger partial charge in [0.1, 0.15) is 5.75 Å². The van der Waals surface area contributed by atoms with Crippen molar-refractivity contribution in [1.82, 2.24) is 0 Å². The second-order valence-corrected chi connectivity index (χ2v) is 7.97. The number of hydrogen-bond acceptors (Lipinski definition) is 3. The molecule has 1 aromatic rings. The van der Waals surface area contributed by atoms with Crippen LogP contribution in [0.1, 0.15) is 19.3 Å². The van der Waals surface area contributed by atoms with E-state index in [0.29, 0.717) is 46.7 Å². The van der Waals surface area contributed by atoms with Gasteiger partial charge in [0.2, 0.25) is 9.05 Å². The van der Waals surface area contributed by atoms with Crippen LogP contribution in [0.5, 0.6) is 5.75 Å². The van der Waals surface area contributed by atoms with Gasteiger partial charge in [0.15, 0.2) is 0 Å². The summed E-state index contributed by atoms with van der Waals surface area (Å²) in [5.74, 6) is 0.434. The van der Waals surface area contributed by atoms with Crippen molar-refractivity contribution >= 4 is 54.5 Å². The summed E-state index contributed by atoms with van der Waals surface area (Å²) in [5.41, 5.74) is 0. The molecule has 0 aliphatic heterocycles. The van der Waals surface area contributed by atoms with Crippen molar-refractivity contribution in [3.05, 3.63) is 27.2 Å². The third-order valence-electron chi connectivity index (χ3n) is 2.26. The van der Waals surface area contributed by atoms with Crippen LogP contribution in [0.15, 0.2) is 12.1 Å². The van der Waals surface area contributed by atoms with Crippen LogP contribution in [-0.2, 0) is 9.05 Å². The van der Waals surface area contributed by atoms with Crippen molar-refractivity contribution in [2.45, 2.75) is 19.3 Å². The van der Waals surface area contributed by atoms with E-state index in [0.717, 1.165) is 0 Å². The molecular weight excluding hydrogens is 354 g/mol. The summed E-state index contributed by atoms with van der Waals surface area (Å²) < 4.78 is 26.8. The molecule has 1 rings (SSSR count). The minimum atomic E-state index is -3.40. The summed E-state index contributed by atoms with van der Waals surface area (Å²) in [6, 6.07) is 3.07. The predicted octanol–water partition coefficient (Wildman–Crippen LogP) is 4.76. The fourth-order valence-corrected chi connectivity index (χ4v) is 2.82. The number of hydrogen-bond donors (Lipinski definition) is 0. The van der Waals surface area contributed by atoms with E-state index in [2.05, 4.69) is 0 Å². The van der Waals surface area contributed by atoms with Crippen molar-refractivity contribution in [3.63, 3.8) is 0 Å². The topological polar surface area (TPSA) is 43.4 Å². The van der Waals surface area contributed by atoms with Crippen molar-refractivity contribution in [3.8, 4) is 5.75 Å². The van der Waals surface area contributed by atoms with Gasteiger partial charge in [-0.3, -0.25) is 0 Å². The molecule has 108 valence electrons. The third-order valence-corrected chi connectivity index (χ3v) is 4.52. The van der Waals surface area contributed by atoms with Gasteiger partial charge in [-0.1, -0.05) is 34.8 Å². The molecule has 0 bridgehead atoms. The molecule has 0 aliphatic carbocycles. The fraction of sp³-hybridized carbons (Fsp3) is 0.455. The summed E-state index contributed by atoms with van der Waals surface area (Å²) in [5, 5.41) is 1.12. The zero-order valence-electron chi connectivity index (χ0n) is 9.84. The molecule has 0 aliphatic rings. The van der Waals surface area contributed by atoms with Gasteiger partial charge in [-0.15, -0.1) is 0 Å². The first-order valence-electron chi connectivity index (χ1n) is 5.49. The van der Waals surface area contributed by atoms with Crippen molar-refractivity contribution in [2.24, 2.45) is 0 Å². The molecule has 0 fully saturated rings. The van der Waals surface area contributed by atoms with Crippen LogP contribution in [0.2, 0.25) is 15.1 Å². The molecular formula is C11H12Cl4O3S. The van der Waals surface area contributed by atoms with Crippen LogP contribution in [0.4, 0.5) is 0 Å². The van der Waals surface area contributed by atoms with Gasteiger partial charge in [0, 0.05) is 16.7 Å². The molecule has 0 amide bonds. The van der Waals surface area contributed by atoms with Crippen LogP contribution in [0.3, 0.4) is 0 Å². The highest BCUT2D eigenvalue weighted by molar-refractivity contribution is 8.13.